The summed E-state index contributed by atoms with van der Waals surface area (Å²) in [5, 5.41) is 0. The van der Waals surface area contributed by atoms with Gasteiger partial charge in [-0.3, -0.25) is 0 Å². The number of hydrogen-bond donors (Lipinski definition) is 2. The lowest BCUT2D eigenvalue weighted by molar-refractivity contribution is 0.146. The van der Waals surface area contributed by atoms with Crippen LogP contribution in [0.4, 0.5) is 14.7 Å². The number of alkyl halides is 2. The second kappa shape index (κ2) is 2.00. The third-order valence-electron chi connectivity index (χ3n) is 0.850. The Morgan fingerprint density at radius 1 is 1.67 bits per heavy atom. The van der Waals surface area contributed by atoms with E-state index in [0.717, 1.165) is 6.20 Å². The smallest absolute Gasteiger partial charge is 0.279 e. The van der Waals surface area contributed by atoms with E-state index in [-0.39, 0.29) is 11.6 Å². The molecular formula is C4H5F2N3. The molecule has 1 aromatic rings. The summed E-state index contributed by atoms with van der Waals surface area (Å²) in [6.07, 6.45) is -1.50. The van der Waals surface area contributed by atoms with Gasteiger partial charge in [-0.1, -0.05) is 0 Å². The predicted octanol–water partition coefficient (Wildman–Crippen LogP) is 0.929. The van der Waals surface area contributed by atoms with Gasteiger partial charge in [0, 0.05) is 0 Å². The van der Waals surface area contributed by atoms with Crippen molar-refractivity contribution in [3.8, 4) is 0 Å². The van der Waals surface area contributed by atoms with Gasteiger partial charge < -0.3 is 10.7 Å². The molecule has 0 atom stereocenters. The maximum atomic E-state index is 11.7. The average molecular weight is 133 g/mol. The molecule has 1 rings (SSSR count). The number of aromatic nitrogens is 2. The number of imidazole rings is 1. The maximum absolute atomic E-state index is 11.7. The SMILES string of the molecule is Nc1ncc(C(F)F)[nH]1. The van der Waals surface area contributed by atoms with E-state index in [2.05, 4.69) is 9.97 Å². The lowest BCUT2D eigenvalue weighted by atomic mass is 10.5. The van der Waals surface area contributed by atoms with Gasteiger partial charge in [0.2, 0.25) is 0 Å². The molecule has 0 fully saturated rings. The third kappa shape index (κ3) is 1.16. The summed E-state index contributed by atoms with van der Waals surface area (Å²) in [6.45, 7) is 0. The minimum atomic E-state index is -2.52. The first kappa shape index (κ1) is 6.00. The second-order valence-electron chi connectivity index (χ2n) is 1.52. The molecule has 0 saturated heterocycles. The first-order valence-corrected chi connectivity index (χ1v) is 2.28. The molecule has 0 bridgehead atoms. The summed E-state index contributed by atoms with van der Waals surface area (Å²) >= 11 is 0. The van der Waals surface area contributed by atoms with E-state index in [4.69, 9.17) is 5.73 Å². The van der Waals surface area contributed by atoms with Crippen LogP contribution in [0.5, 0.6) is 0 Å². The number of anilines is 1. The normalized spacial score (nSPS) is 10.6. The molecule has 0 amide bonds. The zero-order valence-corrected chi connectivity index (χ0v) is 4.44. The van der Waals surface area contributed by atoms with Crippen LogP contribution in [-0.4, -0.2) is 9.97 Å². The molecule has 9 heavy (non-hydrogen) atoms. The fourth-order valence-electron chi connectivity index (χ4n) is 0.462. The summed E-state index contributed by atoms with van der Waals surface area (Å²) in [5.74, 6) is 0.0188. The van der Waals surface area contributed by atoms with Crippen LogP contribution in [-0.2, 0) is 0 Å². The number of rotatable bonds is 1. The van der Waals surface area contributed by atoms with E-state index >= 15 is 0 Å². The first-order valence-electron chi connectivity index (χ1n) is 2.28. The molecular weight excluding hydrogens is 128 g/mol. The average Bonchev–Trinajstić information content (AvgIpc) is 2.14. The Bertz CT molecular complexity index is 195. The Kier molecular flexibility index (Phi) is 1.33. The molecule has 0 unspecified atom stereocenters. The van der Waals surface area contributed by atoms with Gasteiger partial charge >= 0.3 is 0 Å². The molecule has 0 radical (unpaired) electrons. The lowest BCUT2D eigenvalue weighted by Crippen LogP contribution is -1.87. The quantitative estimate of drug-likeness (QED) is 0.598. The second-order valence-corrected chi connectivity index (χ2v) is 1.52. The molecule has 3 nitrogen and oxygen atoms in total. The zero-order valence-electron chi connectivity index (χ0n) is 4.44. The molecule has 0 aliphatic rings. The Morgan fingerprint density at radius 3 is 2.56 bits per heavy atom. The molecule has 0 aliphatic heterocycles. The van der Waals surface area contributed by atoms with Crippen LogP contribution in [0.25, 0.3) is 0 Å². The van der Waals surface area contributed by atoms with Gasteiger partial charge in [0.1, 0.15) is 5.69 Å². The van der Waals surface area contributed by atoms with Crippen molar-refractivity contribution >= 4 is 5.95 Å². The molecule has 3 N–H and O–H groups in total. The summed E-state index contributed by atoms with van der Waals surface area (Å²) < 4.78 is 23.3. The van der Waals surface area contributed by atoms with Gasteiger partial charge in [-0.15, -0.1) is 0 Å². The highest BCUT2D eigenvalue weighted by Crippen LogP contribution is 2.15. The van der Waals surface area contributed by atoms with Crippen molar-refractivity contribution in [3.05, 3.63) is 11.9 Å². The summed E-state index contributed by atoms with van der Waals surface area (Å²) in [6, 6.07) is 0. The molecule has 1 aromatic heterocycles. The molecule has 50 valence electrons. The zero-order chi connectivity index (χ0) is 6.85. The highest BCUT2D eigenvalue weighted by molar-refractivity contribution is 5.18. The highest BCUT2D eigenvalue weighted by Gasteiger charge is 2.07. The van der Waals surface area contributed by atoms with Crippen LogP contribution in [0.3, 0.4) is 0 Å². The highest BCUT2D eigenvalue weighted by atomic mass is 19.3. The Morgan fingerprint density at radius 2 is 2.33 bits per heavy atom. The molecule has 0 spiro atoms. The standard InChI is InChI=1S/C4H5F2N3/c5-3(6)2-1-8-4(7)9-2/h1,3H,(H3,7,8,9). The number of nitrogens with zero attached hydrogens (tertiary/aromatic N) is 1. The molecule has 1 heterocycles. The van der Waals surface area contributed by atoms with E-state index in [9.17, 15) is 8.78 Å². The monoisotopic (exact) mass is 133 g/mol. The van der Waals surface area contributed by atoms with Crippen LogP contribution >= 0.6 is 0 Å². The van der Waals surface area contributed by atoms with Gasteiger partial charge in [0.05, 0.1) is 6.20 Å². The van der Waals surface area contributed by atoms with E-state index in [1.165, 1.54) is 0 Å². The van der Waals surface area contributed by atoms with Gasteiger partial charge in [0.15, 0.2) is 5.95 Å². The molecule has 5 heteroatoms. The largest absolute Gasteiger partial charge is 0.369 e. The van der Waals surface area contributed by atoms with Crippen molar-refractivity contribution in [1.29, 1.82) is 0 Å². The summed E-state index contributed by atoms with van der Waals surface area (Å²) in [4.78, 5) is 5.57. The first-order chi connectivity index (χ1) is 4.20. The summed E-state index contributed by atoms with van der Waals surface area (Å²) in [5.41, 5.74) is 4.77. The Balaban J connectivity index is 2.85. The van der Waals surface area contributed by atoms with Crippen molar-refractivity contribution in [2.75, 3.05) is 5.73 Å². The van der Waals surface area contributed by atoms with Crippen molar-refractivity contribution in [1.82, 2.24) is 9.97 Å². The number of halogens is 2. The van der Waals surface area contributed by atoms with Crippen molar-refractivity contribution in [2.24, 2.45) is 0 Å². The topological polar surface area (TPSA) is 54.7 Å². The predicted molar refractivity (Wildman–Crippen MR) is 28.0 cm³/mol. The third-order valence-corrected chi connectivity index (χ3v) is 0.850. The van der Waals surface area contributed by atoms with E-state index in [1.807, 2.05) is 0 Å². The van der Waals surface area contributed by atoms with Crippen molar-refractivity contribution in [3.63, 3.8) is 0 Å². The van der Waals surface area contributed by atoms with Gasteiger partial charge in [0.25, 0.3) is 6.43 Å². The van der Waals surface area contributed by atoms with Gasteiger partial charge in [-0.05, 0) is 0 Å². The van der Waals surface area contributed by atoms with Gasteiger partial charge in [-0.2, -0.15) is 0 Å². The molecule has 0 aromatic carbocycles. The number of H-pyrrole nitrogens is 1. The number of nitrogens with two attached hydrogens (primary N) is 1. The Labute approximate surface area is 49.9 Å². The van der Waals surface area contributed by atoms with E-state index in [0.29, 0.717) is 0 Å². The number of aromatic amines is 1. The molecule has 0 aliphatic carbocycles. The number of hydrogen-bond acceptors (Lipinski definition) is 2. The summed E-state index contributed by atoms with van der Waals surface area (Å²) in [7, 11) is 0. The Hall–Kier alpha value is -1.13. The lowest BCUT2D eigenvalue weighted by Gasteiger charge is -1.88. The molecule has 0 saturated carbocycles. The van der Waals surface area contributed by atoms with Crippen LogP contribution in [0, 0.1) is 0 Å². The fourth-order valence-corrected chi connectivity index (χ4v) is 0.462. The van der Waals surface area contributed by atoms with Crippen LogP contribution < -0.4 is 5.73 Å². The number of nitrogen functional groups attached to an aromatic ring is 1. The minimum Gasteiger partial charge on any atom is -0.369 e. The van der Waals surface area contributed by atoms with Crippen LogP contribution in [0.1, 0.15) is 12.1 Å². The van der Waals surface area contributed by atoms with Crippen LogP contribution in [0.15, 0.2) is 6.20 Å². The van der Waals surface area contributed by atoms with E-state index < -0.39 is 6.43 Å². The van der Waals surface area contributed by atoms with Crippen molar-refractivity contribution in [2.45, 2.75) is 6.43 Å². The fraction of sp³-hybridized carbons (Fsp3) is 0.250. The van der Waals surface area contributed by atoms with Crippen molar-refractivity contribution < 1.29 is 8.78 Å². The van der Waals surface area contributed by atoms with E-state index in [1.54, 1.807) is 0 Å². The number of nitrogens with one attached hydrogen (secondary N) is 1. The van der Waals surface area contributed by atoms with Gasteiger partial charge in [-0.25, -0.2) is 13.8 Å². The van der Waals surface area contributed by atoms with Crippen LogP contribution in [0.2, 0.25) is 0 Å². The minimum absolute atomic E-state index is 0.0188. The maximum Gasteiger partial charge on any atom is 0.279 e.